The molecule has 0 heterocycles. The molecular weight excluding hydrogens is 512 g/mol. The van der Waals surface area contributed by atoms with Crippen molar-refractivity contribution in [3.63, 3.8) is 0 Å². The highest BCUT2D eigenvalue weighted by Gasteiger charge is 2.10. The highest BCUT2D eigenvalue weighted by molar-refractivity contribution is 5.99. The highest BCUT2D eigenvalue weighted by Crippen LogP contribution is 2.28. The lowest BCUT2D eigenvalue weighted by Crippen LogP contribution is -2.21. The Morgan fingerprint density at radius 1 is 0.525 bits per heavy atom. The number of aliphatic imine (C=N–C) groups is 2. The van der Waals surface area contributed by atoms with Gasteiger partial charge in [0.25, 0.3) is 0 Å². The Morgan fingerprint density at radius 2 is 0.850 bits per heavy atom. The number of amidine groups is 2. The van der Waals surface area contributed by atoms with E-state index in [4.69, 9.17) is 18.9 Å². The monoisotopic (exact) mass is 558 g/mol. The number of rotatable bonds is 19. The quantitative estimate of drug-likeness (QED) is 0.0741. The van der Waals surface area contributed by atoms with Gasteiger partial charge in [-0.2, -0.15) is 0 Å². The van der Waals surface area contributed by atoms with Gasteiger partial charge in [-0.05, 0) is 49.2 Å². The average Bonchev–Trinajstić information content (AvgIpc) is 3.00. The predicted octanol–water partition coefficient (Wildman–Crippen LogP) is 5.77. The maximum absolute atomic E-state index is 9.50. The zero-order chi connectivity index (χ0) is 29.0. The van der Waals surface area contributed by atoms with Crippen molar-refractivity contribution in [1.82, 2.24) is 11.0 Å². The Labute approximate surface area is 238 Å². The molecule has 0 aliphatic heterocycles. The van der Waals surface area contributed by atoms with Crippen molar-refractivity contribution in [3.05, 3.63) is 47.5 Å². The van der Waals surface area contributed by atoms with Crippen LogP contribution in [0.2, 0.25) is 0 Å². The number of hydrogen-bond acceptors (Lipinski definition) is 8. The summed E-state index contributed by atoms with van der Waals surface area (Å²) in [6.07, 6.45) is 11.5. The Morgan fingerprint density at radius 3 is 1.15 bits per heavy atom. The van der Waals surface area contributed by atoms with E-state index >= 15 is 0 Å². The second kappa shape index (κ2) is 19.5. The molecule has 2 rings (SSSR count). The molecule has 0 spiro atoms. The number of nitrogens with one attached hydrogen (secondary N) is 2. The van der Waals surface area contributed by atoms with E-state index in [0.717, 1.165) is 36.8 Å². The van der Waals surface area contributed by atoms with Crippen LogP contribution in [-0.2, 0) is 0 Å². The molecule has 0 aromatic heterocycles. The van der Waals surface area contributed by atoms with Crippen molar-refractivity contribution in [2.45, 2.75) is 64.2 Å². The molecule has 0 aliphatic rings. The van der Waals surface area contributed by atoms with E-state index in [1.54, 1.807) is 52.7 Å². The van der Waals surface area contributed by atoms with Gasteiger partial charge in [-0.3, -0.25) is 31.4 Å². The highest BCUT2D eigenvalue weighted by atomic mass is 16.5. The number of hydrogen-bond donors (Lipinski definition) is 4. The molecule has 0 amide bonds. The van der Waals surface area contributed by atoms with Crippen molar-refractivity contribution in [1.29, 1.82) is 0 Å². The van der Waals surface area contributed by atoms with Crippen molar-refractivity contribution < 1.29 is 29.4 Å². The Kier molecular flexibility index (Phi) is 16.0. The van der Waals surface area contributed by atoms with E-state index in [1.165, 1.54) is 38.5 Å². The topological polar surface area (TPSA) is 126 Å². The van der Waals surface area contributed by atoms with Gasteiger partial charge in [0.1, 0.15) is 0 Å². The van der Waals surface area contributed by atoms with Gasteiger partial charge in [0.15, 0.2) is 34.7 Å². The fourth-order valence-corrected chi connectivity index (χ4v) is 4.37. The molecule has 40 heavy (non-hydrogen) atoms. The number of methoxy groups -OCH3 is 4. The SMILES string of the molecule is COc1ccc(C(=NCCCCCCCCCCCCN=C(NO)c2ccc(OC)c(OC)c2)NO)cc1OC. The first kappa shape index (κ1) is 32.7. The number of ether oxygens (including phenoxy) is 4. The van der Waals surface area contributed by atoms with E-state index in [2.05, 4.69) is 20.9 Å². The summed E-state index contributed by atoms with van der Waals surface area (Å²) in [6.45, 7) is 1.30. The fourth-order valence-electron chi connectivity index (χ4n) is 4.37. The summed E-state index contributed by atoms with van der Waals surface area (Å²) < 4.78 is 21.2. The number of nitrogens with zero attached hydrogens (tertiary/aromatic N) is 2. The molecule has 10 heteroatoms. The van der Waals surface area contributed by atoms with Crippen LogP contribution in [0.4, 0.5) is 0 Å². The van der Waals surface area contributed by atoms with E-state index in [1.807, 2.05) is 12.1 Å². The minimum atomic E-state index is 0.427. The summed E-state index contributed by atoms with van der Waals surface area (Å²) in [7, 11) is 6.34. The maximum Gasteiger partial charge on any atom is 0.161 e. The van der Waals surface area contributed by atoms with Gasteiger partial charge in [-0.1, -0.05) is 51.4 Å². The number of benzene rings is 2. The van der Waals surface area contributed by atoms with Gasteiger partial charge >= 0.3 is 0 Å². The molecule has 222 valence electrons. The molecule has 0 saturated carbocycles. The van der Waals surface area contributed by atoms with E-state index < -0.39 is 0 Å². The van der Waals surface area contributed by atoms with Crippen LogP contribution in [-0.4, -0.2) is 63.6 Å². The molecule has 0 atom stereocenters. The summed E-state index contributed by atoms with van der Waals surface area (Å²) >= 11 is 0. The molecule has 2 aromatic rings. The molecular formula is C30H46N4O6. The molecule has 0 radical (unpaired) electrons. The predicted molar refractivity (Wildman–Crippen MR) is 158 cm³/mol. The smallest absolute Gasteiger partial charge is 0.161 e. The minimum Gasteiger partial charge on any atom is -0.493 e. The van der Waals surface area contributed by atoms with Crippen LogP contribution in [0.1, 0.15) is 75.3 Å². The Bertz CT molecular complexity index is 977. The molecule has 0 unspecified atom stereocenters. The summed E-state index contributed by atoms with van der Waals surface area (Å²) in [5, 5.41) is 19.0. The second-order valence-corrected chi connectivity index (χ2v) is 9.36. The van der Waals surface area contributed by atoms with Gasteiger partial charge < -0.3 is 18.9 Å². The third kappa shape index (κ3) is 10.9. The third-order valence-corrected chi connectivity index (χ3v) is 6.63. The second-order valence-electron chi connectivity index (χ2n) is 9.36. The first-order valence-corrected chi connectivity index (χ1v) is 14.0. The van der Waals surface area contributed by atoms with Gasteiger partial charge in [-0.25, -0.2) is 0 Å². The van der Waals surface area contributed by atoms with Crippen LogP contribution < -0.4 is 29.9 Å². The molecule has 0 saturated heterocycles. The molecule has 10 nitrogen and oxygen atoms in total. The standard InChI is InChI=1S/C30H46N4O6/c1-37-25-17-15-23(21-27(25)39-3)29(33-35)31-19-13-11-9-7-5-6-8-10-12-14-20-32-30(34-36)24-16-18-26(38-2)28(22-24)40-4/h15-18,21-22,35-36H,5-14,19-20H2,1-4H3,(H,31,33)(H,32,34). The van der Waals surface area contributed by atoms with Crippen molar-refractivity contribution in [2.24, 2.45) is 9.98 Å². The summed E-state index contributed by atoms with van der Waals surface area (Å²) in [6, 6.07) is 10.8. The first-order chi connectivity index (χ1) is 19.6. The molecule has 2 aromatic carbocycles. The minimum absolute atomic E-state index is 0.427. The van der Waals surface area contributed by atoms with Crippen LogP contribution >= 0.6 is 0 Å². The van der Waals surface area contributed by atoms with E-state index in [0.29, 0.717) is 47.8 Å². The van der Waals surface area contributed by atoms with Gasteiger partial charge in [0, 0.05) is 24.2 Å². The third-order valence-electron chi connectivity index (χ3n) is 6.63. The lowest BCUT2D eigenvalue weighted by atomic mass is 10.1. The Balaban J connectivity index is 1.55. The normalized spacial score (nSPS) is 11.8. The molecule has 4 N–H and O–H groups in total. The van der Waals surface area contributed by atoms with E-state index in [9.17, 15) is 10.4 Å². The van der Waals surface area contributed by atoms with Crippen LogP contribution in [0.15, 0.2) is 46.4 Å². The molecule has 0 bridgehead atoms. The van der Waals surface area contributed by atoms with Crippen LogP contribution in [0.5, 0.6) is 23.0 Å². The fraction of sp³-hybridized carbons (Fsp3) is 0.533. The van der Waals surface area contributed by atoms with Crippen molar-refractivity contribution >= 4 is 11.7 Å². The van der Waals surface area contributed by atoms with Crippen LogP contribution in [0, 0.1) is 0 Å². The summed E-state index contributed by atoms with van der Waals surface area (Å²) in [5.74, 6) is 3.31. The van der Waals surface area contributed by atoms with Crippen LogP contribution in [0.25, 0.3) is 0 Å². The zero-order valence-corrected chi connectivity index (χ0v) is 24.4. The average molecular weight is 559 g/mol. The maximum atomic E-state index is 9.50. The Hall–Kier alpha value is -3.50. The first-order valence-electron chi connectivity index (χ1n) is 14.0. The van der Waals surface area contributed by atoms with Gasteiger partial charge in [0.05, 0.1) is 28.4 Å². The number of hydroxylamine groups is 2. The lowest BCUT2D eigenvalue weighted by Gasteiger charge is -2.11. The van der Waals surface area contributed by atoms with E-state index in [-0.39, 0.29) is 0 Å². The van der Waals surface area contributed by atoms with Gasteiger partial charge in [-0.15, -0.1) is 0 Å². The van der Waals surface area contributed by atoms with Crippen molar-refractivity contribution in [2.75, 3.05) is 41.5 Å². The molecule has 0 aliphatic carbocycles. The van der Waals surface area contributed by atoms with Crippen molar-refractivity contribution in [3.8, 4) is 23.0 Å². The summed E-state index contributed by atoms with van der Waals surface area (Å²) in [5.41, 5.74) is 5.89. The van der Waals surface area contributed by atoms with Crippen LogP contribution in [0.3, 0.4) is 0 Å². The van der Waals surface area contributed by atoms with Gasteiger partial charge in [0.2, 0.25) is 0 Å². The largest absolute Gasteiger partial charge is 0.493 e. The zero-order valence-electron chi connectivity index (χ0n) is 24.4. The number of unbranched alkanes of at least 4 members (excludes halogenated alkanes) is 9. The summed E-state index contributed by atoms with van der Waals surface area (Å²) in [4.78, 5) is 8.99. The lowest BCUT2D eigenvalue weighted by molar-refractivity contribution is 0.234. The molecule has 0 fully saturated rings.